The number of aldehydes is 1. The summed E-state index contributed by atoms with van der Waals surface area (Å²) in [6, 6.07) is -1.83. The average molecular weight is 151 g/mol. The van der Waals surface area contributed by atoms with E-state index in [4.69, 9.17) is 6.85 Å². The van der Waals surface area contributed by atoms with Crippen molar-refractivity contribution in [2.24, 2.45) is 0 Å². The molecule has 11 heavy (non-hydrogen) atoms. The van der Waals surface area contributed by atoms with Crippen molar-refractivity contribution in [1.29, 1.82) is 0 Å². The third-order valence-electron chi connectivity index (χ3n) is 1.08. The van der Waals surface area contributed by atoms with Crippen molar-refractivity contribution in [2.75, 3.05) is 0 Å². The molecule has 0 amide bonds. The highest BCUT2D eigenvalue weighted by Crippen LogP contribution is 2.03. The zero-order chi connectivity index (χ0) is 12.5. The molecule has 1 aromatic carbocycles. The van der Waals surface area contributed by atoms with Gasteiger partial charge in [-0.3, -0.25) is 4.79 Å². The monoisotopic (exact) mass is 151 g/mol. The fourth-order valence-corrected chi connectivity index (χ4v) is 0.594. The first-order valence-corrected chi connectivity index (χ1v) is 3.10. The van der Waals surface area contributed by atoms with Gasteiger partial charge in [0.1, 0.15) is 6.29 Å². The highest BCUT2D eigenvalue weighted by atomic mass is 16.1. The van der Waals surface area contributed by atoms with Gasteiger partial charge in [0.25, 0.3) is 0 Å². The Morgan fingerprint density at radius 3 is 2.64 bits per heavy atom. The summed E-state index contributed by atoms with van der Waals surface area (Å²) in [6.45, 7) is 1.51. The summed E-state index contributed by atoms with van der Waals surface area (Å²) < 4.78 is 37.3. The molecule has 0 heterocycles. The van der Waals surface area contributed by atoms with Gasteiger partial charge in [-0.2, -0.15) is 0 Å². The second-order valence-corrected chi connectivity index (χ2v) is 2.04. The molecule has 0 aliphatic heterocycles. The molecule has 1 aromatic rings. The third-order valence-corrected chi connectivity index (χ3v) is 1.08. The van der Waals surface area contributed by atoms with Gasteiger partial charge in [0.05, 0.1) is 6.85 Å². The van der Waals surface area contributed by atoms with E-state index in [9.17, 15) is 4.79 Å². The lowest BCUT2D eigenvalue weighted by Crippen LogP contribution is -1.76. The van der Waals surface area contributed by atoms with Crippen LogP contribution >= 0.6 is 0 Å². The van der Waals surface area contributed by atoms with Crippen molar-refractivity contribution in [3.05, 3.63) is 41.3 Å². The summed E-state index contributed by atoms with van der Waals surface area (Å²) in [6.07, 6.45) is 1.86. The van der Waals surface area contributed by atoms with Crippen molar-refractivity contribution in [3.63, 3.8) is 0 Å². The Morgan fingerprint density at radius 2 is 2.09 bits per heavy atom. The SMILES string of the molecule is [2H]c1c([2H])c([2H])c(/C=C(\C)C=O)c([2H])c1[2H]. The van der Waals surface area contributed by atoms with E-state index in [0.717, 1.165) is 0 Å². The summed E-state index contributed by atoms with van der Waals surface area (Å²) in [5, 5.41) is 0. The maximum atomic E-state index is 10.4. The Kier molecular flexibility index (Phi) is 1.13. The van der Waals surface area contributed by atoms with Gasteiger partial charge in [-0.05, 0) is 24.1 Å². The Balaban J connectivity index is 3.58. The van der Waals surface area contributed by atoms with Crippen LogP contribution in [0, 0.1) is 0 Å². The predicted molar refractivity (Wildman–Crippen MR) is 46.2 cm³/mol. The maximum Gasteiger partial charge on any atom is 0.145 e. The van der Waals surface area contributed by atoms with Crippen LogP contribution in [0.4, 0.5) is 0 Å². The molecular weight excluding hydrogens is 136 g/mol. The molecule has 0 saturated heterocycles. The summed E-state index contributed by atoms with van der Waals surface area (Å²) >= 11 is 0. The van der Waals surface area contributed by atoms with Gasteiger partial charge in [0, 0.05) is 0 Å². The van der Waals surface area contributed by atoms with Crippen LogP contribution < -0.4 is 0 Å². The molecule has 1 heteroatoms. The number of carbonyl (C=O) groups excluding carboxylic acids is 1. The van der Waals surface area contributed by atoms with Gasteiger partial charge < -0.3 is 0 Å². The third kappa shape index (κ3) is 2.38. The molecule has 0 radical (unpaired) electrons. The standard InChI is InChI=1S/C10H10O/c1-9(8-11)7-10-5-3-2-4-6-10/h2-8H,1H3/b9-7+/i2D,3D,4D,5D,6D. The van der Waals surface area contributed by atoms with Crippen molar-refractivity contribution >= 4 is 12.4 Å². The van der Waals surface area contributed by atoms with Crippen LogP contribution in [0.5, 0.6) is 0 Å². The minimum atomic E-state index is -0.434. The summed E-state index contributed by atoms with van der Waals surface area (Å²) in [5.41, 5.74) is 0.342. The van der Waals surface area contributed by atoms with Gasteiger partial charge in [0.15, 0.2) is 0 Å². The highest BCUT2D eigenvalue weighted by Gasteiger charge is 1.85. The zero-order valence-electron chi connectivity index (χ0n) is 11.1. The molecule has 0 aliphatic rings. The van der Waals surface area contributed by atoms with Crippen LogP contribution in [0.25, 0.3) is 6.08 Å². The number of rotatable bonds is 2. The van der Waals surface area contributed by atoms with Gasteiger partial charge in [-0.15, -0.1) is 0 Å². The van der Waals surface area contributed by atoms with Gasteiger partial charge in [-0.1, -0.05) is 30.2 Å². The first-order valence-electron chi connectivity index (χ1n) is 5.60. The average Bonchev–Trinajstić information content (AvgIpc) is 2.29. The van der Waals surface area contributed by atoms with Gasteiger partial charge >= 0.3 is 0 Å². The van der Waals surface area contributed by atoms with Crippen molar-refractivity contribution in [3.8, 4) is 0 Å². The predicted octanol–water partition coefficient (Wildman–Crippen LogP) is 2.29. The quantitative estimate of drug-likeness (QED) is 0.468. The number of hydrogen-bond acceptors (Lipinski definition) is 1. The van der Waals surface area contributed by atoms with Crippen molar-refractivity contribution in [1.82, 2.24) is 0 Å². The molecule has 1 nitrogen and oxygen atoms in total. The molecule has 0 N–H and O–H groups in total. The molecule has 0 aromatic heterocycles. The first kappa shape index (κ1) is 3.35. The lowest BCUT2D eigenvalue weighted by Gasteiger charge is -1.90. The van der Waals surface area contributed by atoms with E-state index < -0.39 is 18.1 Å². The number of benzene rings is 1. The summed E-state index contributed by atoms with van der Waals surface area (Å²) in [7, 11) is 0. The Bertz CT molecular complexity index is 450. The molecule has 0 saturated carbocycles. The van der Waals surface area contributed by atoms with E-state index in [1.165, 1.54) is 13.0 Å². The van der Waals surface area contributed by atoms with E-state index in [1.54, 1.807) is 0 Å². The van der Waals surface area contributed by atoms with Gasteiger partial charge in [-0.25, -0.2) is 0 Å². The minimum absolute atomic E-state index is 0.0376. The second kappa shape index (κ2) is 3.71. The second-order valence-electron chi connectivity index (χ2n) is 2.04. The maximum absolute atomic E-state index is 10.4. The molecule has 0 atom stereocenters. The van der Waals surface area contributed by atoms with Crippen LogP contribution in [0.15, 0.2) is 35.8 Å². The minimum Gasteiger partial charge on any atom is -0.298 e. The van der Waals surface area contributed by atoms with E-state index in [0.29, 0.717) is 11.9 Å². The van der Waals surface area contributed by atoms with Crippen LogP contribution in [-0.2, 0) is 4.79 Å². The molecule has 56 valence electrons. The molecule has 0 bridgehead atoms. The molecule has 0 unspecified atom stereocenters. The van der Waals surface area contributed by atoms with Gasteiger partial charge in [0.2, 0.25) is 0 Å². The molecule has 0 fully saturated rings. The van der Waals surface area contributed by atoms with Crippen molar-refractivity contribution < 1.29 is 11.6 Å². The van der Waals surface area contributed by atoms with E-state index in [1.807, 2.05) is 0 Å². The molecular formula is C10H10O. The highest BCUT2D eigenvalue weighted by molar-refractivity contribution is 5.80. The lowest BCUT2D eigenvalue weighted by atomic mass is 10.1. The summed E-state index contributed by atoms with van der Waals surface area (Å²) in [5.74, 6) is 0. The lowest BCUT2D eigenvalue weighted by molar-refractivity contribution is -0.104. The fraction of sp³-hybridized carbons (Fsp3) is 0.100. The largest absolute Gasteiger partial charge is 0.298 e. The van der Waals surface area contributed by atoms with Crippen LogP contribution in [0.1, 0.15) is 19.3 Å². The van der Waals surface area contributed by atoms with E-state index >= 15 is 0 Å². The summed E-state index contributed by atoms with van der Waals surface area (Å²) in [4.78, 5) is 10.4. The number of hydrogen-bond donors (Lipinski definition) is 0. The van der Waals surface area contributed by atoms with Crippen LogP contribution in [-0.4, -0.2) is 6.29 Å². The Labute approximate surface area is 73.4 Å². The van der Waals surface area contributed by atoms with Crippen molar-refractivity contribution in [2.45, 2.75) is 6.92 Å². The Morgan fingerprint density at radius 1 is 1.45 bits per heavy atom. The van der Waals surface area contributed by atoms with E-state index in [-0.39, 0.29) is 17.6 Å². The normalized spacial score (nSPS) is 17.5. The number of allylic oxidation sites excluding steroid dienone is 1. The Hall–Kier alpha value is -1.37. The molecule has 0 spiro atoms. The topological polar surface area (TPSA) is 17.1 Å². The van der Waals surface area contributed by atoms with Crippen LogP contribution in [0.3, 0.4) is 0 Å². The van der Waals surface area contributed by atoms with E-state index in [2.05, 4.69) is 0 Å². The molecule has 1 rings (SSSR count). The van der Waals surface area contributed by atoms with Crippen LogP contribution in [0.2, 0.25) is 0 Å². The fourth-order valence-electron chi connectivity index (χ4n) is 0.594. The smallest absolute Gasteiger partial charge is 0.145 e. The zero-order valence-corrected chi connectivity index (χ0v) is 6.06. The first-order chi connectivity index (χ1) is 7.40. The molecule has 0 aliphatic carbocycles. The number of carbonyl (C=O) groups is 1.